The van der Waals surface area contributed by atoms with Crippen LogP contribution >= 0.6 is 0 Å². The molecule has 1 aliphatic rings. The van der Waals surface area contributed by atoms with Crippen LogP contribution in [0.4, 0.5) is 5.69 Å². The topological polar surface area (TPSA) is 48.1 Å². The number of nitrogen functional groups attached to an aromatic ring is 1. The highest BCUT2D eigenvalue weighted by Gasteiger charge is 2.20. The van der Waals surface area contributed by atoms with E-state index in [1.54, 1.807) is 18.5 Å². The van der Waals surface area contributed by atoms with Crippen molar-refractivity contribution in [3.63, 3.8) is 0 Å². The summed E-state index contributed by atoms with van der Waals surface area (Å²) in [5, 5.41) is 0. The third kappa shape index (κ3) is 2.61. The van der Waals surface area contributed by atoms with Crippen LogP contribution in [-0.2, 0) is 0 Å². The van der Waals surface area contributed by atoms with Crippen LogP contribution in [0.2, 0.25) is 0 Å². The average molecular weight is 178 g/mol. The van der Waals surface area contributed by atoms with E-state index in [1.165, 1.54) is 12.8 Å². The van der Waals surface area contributed by atoms with Crippen LogP contribution in [0.3, 0.4) is 0 Å². The molecule has 1 aromatic heterocycles. The Morgan fingerprint density at radius 3 is 3.00 bits per heavy atom. The van der Waals surface area contributed by atoms with Gasteiger partial charge in [-0.3, -0.25) is 4.98 Å². The van der Waals surface area contributed by atoms with E-state index in [1.807, 2.05) is 0 Å². The Morgan fingerprint density at radius 2 is 2.31 bits per heavy atom. The first-order valence-electron chi connectivity index (χ1n) is 4.68. The summed E-state index contributed by atoms with van der Waals surface area (Å²) in [4.78, 5) is 3.95. The first kappa shape index (κ1) is 8.35. The van der Waals surface area contributed by atoms with Gasteiger partial charge >= 0.3 is 0 Å². The smallest absolute Gasteiger partial charge is 0.139 e. The molecule has 1 aromatic rings. The molecule has 0 aliphatic heterocycles. The third-order valence-electron chi connectivity index (χ3n) is 2.23. The number of hydrogen-bond acceptors (Lipinski definition) is 3. The average Bonchev–Trinajstić information content (AvgIpc) is 2.88. The lowest BCUT2D eigenvalue weighted by Gasteiger charge is -2.04. The molecular formula is C10H14N2O. The van der Waals surface area contributed by atoms with Gasteiger partial charge in [0.1, 0.15) is 5.75 Å². The van der Waals surface area contributed by atoms with Gasteiger partial charge in [0.05, 0.1) is 24.7 Å². The molecule has 0 amide bonds. The molecule has 1 aliphatic carbocycles. The zero-order valence-corrected chi connectivity index (χ0v) is 7.57. The van der Waals surface area contributed by atoms with Gasteiger partial charge in [0.25, 0.3) is 0 Å². The van der Waals surface area contributed by atoms with Crippen LogP contribution < -0.4 is 10.5 Å². The lowest BCUT2D eigenvalue weighted by atomic mass is 10.3. The van der Waals surface area contributed by atoms with Gasteiger partial charge in [0.2, 0.25) is 0 Å². The van der Waals surface area contributed by atoms with E-state index in [-0.39, 0.29) is 0 Å². The molecule has 0 spiro atoms. The number of hydrogen-bond donors (Lipinski definition) is 1. The molecule has 70 valence electrons. The second kappa shape index (κ2) is 3.64. The summed E-state index contributed by atoms with van der Waals surface area (Å²) < 4.78 is 5.50. The fourth-order valence-corrected chi connectivity index (χ4v) is 1.26. The quantitative estimate of drug-likeness (QED) is 0.765. The molecule has 1 fully saturated rings. The van der Waals surface area contributed by atoms with Gasteiger partial charge in [-0.05, 0) is 12.3 Å². The van der Waals surface area contributed by atoms with Gasteiger partial charge in [-0.15, -0.1) is 0 Å². The van der Waals surface area contributed by atoms with Crippen molar-refractivity contribution >= 4 is 5.69 Å². The summed E-state index contributed by atoms with van der Waals surface area (Å²) in [6.07, 6.45) is 7.23. The fourth-order valence-electron chi connectivity index (χ4n) is 1.26. The molecule has 2 N–H and O–H groups in total. The normalized spacial score (nSPS) is 15.7. The maximum absolute atomic E-state index is 5.56. The van der Waals surface area contributed by atoms with Crippen LogP contribution in [0.25, 0.3) is 0 Å². The Balaban J connectivity index is 1.79. The highest BCUT2D eigenvalue weighted by molar-refractivity contribution is 5.39. The predicted octanol–water partition coefficient (Wildman–Crippen LogP) is 1.84. The molecule has 0 saturated heterocycles. The number of aromatic nitrogens is 1. The first-order valence-corrected chi connectivity index (χ1v) is 4.68. The van der Waals surface area contributed by atoms with E-state index < -0.39 is 0 Å². The van der Waals surface area contributed by atoms with Gasteiger partial charge < -0.3 is 10.5 Å². The van der Waals surface area contributed by atoms with Crippen molar-refractivity contribution in [2.45, 2.75) is 19.3 Å². The van der Waals surface area contributed by atoms with Gasteiger partial charge in [0.15, 0.2) is 0 Å². The molecule has 3 heteroatoms. The summed E-state index contributed by atoms with van der Waals surface area (Å²) in [6.45, 7) is 0.788. The summed E-state index contributed by atoms with van der Waals surface area (Å²) in [7, 11) is 0. The van der Waals surface area contributed by atoms with Crippen molar-refractivity contribution in [3.05, 3.63) is 18.5 Å². The maximum Gasteiger partial charge on any atom is 0.139 e. The van der Waals surface area contributed by atoms with Crippen LogP contribution in [-0.4, -0.2) is 11.6 Å². The standard InChI is InChI=1S/C10H14N2O/c11-9-5-10(7-12-6-9)13-4-3-8-1-2-8/h5-8H,1-4,11H2. The van der Waals surface area contributed by atoms with Crippen molar-refractivity contribution < 1.29 is 4.74 Å². The molecule has 0 aromatic carbocycles. The van der Waals surface area contributed by atoms with Crippen molar-refractivity contribution in [2.75, 3.05) is 12.3 Å². The lowest BCUT2D eigenvalue weighted by Crippen LogP contribution is -1.99. The van der Waals surface area contributed by atoms with Gasteiger partial charge in [-0.1, -0.05) is 12.8 Å². The maximum atomic E-state index is 5.56. The summed E-state index contributed by atoms with van der Waals surface area (Å²) >= 11 is 0. The van der Waals surface area contributed by atoms with Crippen molar-refractivity contribution in [1.82, 2.24) is 4.98 Å². The molecule has 2 rings (SSSR count). The van der Waals surface area contributed by atoms with E-state index in [4.69, 9.17) is 10.5 Å². The minimum Gasteiger partial charge on any atom is -0.492 e. The highest BCUT2D eigenvalue weighted by Crippen LogP contribution is 2.32. The zero-order chi connectivity index (χ0) is 9.10. The number of nitrogens with zero attached hydrogens (tertiary/aromatic N) is 1. The molecule has 3 nitrogen and oxygen atoms in total. The largest absolute Gasteiger partial charge is 0.492 e. The van der Waals surface area contributed by atoms with Gasteiger partial charge in [-0.2, -0.15) is 0 Å². The number of nitrogens with two attached hydrogens (primary N) is 1. The zero-order valence-electron chi connectivity index (χ0n) is 7.57. The molecule has 13 heavy (non-hydrogen) atoms. The van der Waals surface area contributed by atoms with Gasteiger partial charge in [-0.25, -0.2) is 0 Å². The molecular weight excluding hydrogens is 164 g/mol. The molecule has 0 atom stereocenters. The number of pyridine rings is 1. The molecule has 1 saturated carbocycles. The molecule has 1 heterocycles. The minimum absolute atomic E-state index is 0.656. The molecule has 0 bridgehead atoms. The first-order chi connectivity index (χ1) is 6.34. The Morgan fingerprint density at radius 1 is 1.46 bits per heavy atom. The molecule has 0 unspecified atom stereocenters. The van der Waals surface area contributed by atoms with Crippen LogP contribution in [0, 0.1) is 5.92 Å². The van der Waals surface area contributed by atoms with Gasteiger partial charge in [0, 0.05) is 6.07 Å². The van der Waals surface area contributed by atoms with E-state index >= 15 is 0 Å². The Kier molecular flexibility index (Phi) is 2.34. The summed E-state index contributed by atoms with van der Waals surface area (Å²) in [5.41, 5.74) is 6.22. The summed E-state index contributed by atoms with van der Waals surface area (Å²) in [6, 6.07) is 1.81. The van der Waals surface area contributed by atoms with E-state index in [9.17, 15) is 0 Å². The summed E-state index contributed by atoms with van der Waals surface area (Å²) in [5.74, 6) is 1.69. The minimum atomic E-state index is 0.656. The van der Waals surface area contributed by atoms with Crippen LogP contribution in [0.15, 0.2) is 18.5 Å². The number of anilines is 1. The van der Waals surface area contributed by atoms with Crippen LogP contribution in [0.5, 0.6) is 5.75 Å². The predicted molar refractivity (Wildman–Crippen MR) is 51.5 cm³/mol. The Labute approximate surface area is 77.9 Å². The SMILES string of the molecule is Nc1cncc(OCCC2CC2)c1. The number of ether oxygens (including phenoxy) is 1. The Hall–Kier alpha value is -1.25. The Bertz CT molecular complexity index is 284. The second-order valence-electron chi connectivity index (χ2n) is 3.53. The fraction of sp³-hybridized carbons (Fsp3) is 0.500. The second-order valence-corrected chi connectivity index (χ2v) is 3.53. The highest BCUT2D eigenvalue weighted by atomic mass is 16.5. The van der Waals surface area contributed by atoms with E-state index in [0.29, 0.717) is 5.69 Å². The molecule has 0 radical (unpaired) electrons. The van der Waals surface area contributed by atoms with E-state index in [0.717, 1.165) is 24.7 Å². The van der Waals surface area contributed by atoms with Crippen molar-refractivity contribution in [2.24, 2.45) is 5.92 Å². The van der Waals surface area contributed by atoms with Crippen molar-refractivity contribution in [3.8, 4) is 5.75 Å². The third-order valence-corrected chi connectivity index (χ3v) is 2.23. The lowest BCUT2D eigenvalue weighted by molar-refractivity contribution is 0.301. The number of rotatable bonds is 4. The van der Waals surface area contributed by atoms with E-state index in [2.05, 4.69) is 4.98 Å². The van der Waals surface area contributed by atoms with Crippen LogP contribution in [0.1, 0.15) is 19.3 Å². The monoisotopic (exact) mass is 178 g/mol. The van der Waals surface area contributed by atoms with Crippen molar-refractivity contribution in [1.29, 1.82) is 0 Å².